The number of hydrogen-bond acceptors (Lipinski definition) is 13. The number of alkyl carbamates (subject to hydrolysis) is 1. The van der Waals surface area contributed by atoms with E-state index in [-0.39, 0.29) is 46.3 Å². The number of ether oxygens (including phenoxy) is 4. The molecule has 2 aliphatic rings. The number of aliphatic carboxylic acids is 1. The van der Waals surface area contributed by atoms with E-state index in [1.54, 1.807) is 57.2 Å². The molecule has 0 unspecified atom stereocenters. The topological polar surface area (TPSA) is 270 Å². The minimum atomic E-state index is -1.46. The van der Waals surface area contributed by atoms with Gasteiger partial charge in [0.15, 0.2) is 11.4 Å². The standard InChI is InChI=1S/C21H12O7.C20H19I4NO6.C4H12N2/c22-10-4-6-13-16(8-10)27-17-9-11(23)5-7-14(17)21(13)15-3-1-2-12(19(24)25)18(15)20(26)28-21;1-20(2,3)31-19(29)25-15(18(27)28)6-9-4-13(23)17(14(24)5-9)30-10-7-11(21)16(26)12(22)8-10;5-3-1-2-4-6/h1-9,22-23H,(H,24,25);4-5,7-8,15,26H,6H2,1-3H3,(H,25,29)(H,27,28);1-6H2/t;15-;/m.1./s1. The molecular weight excluding hydrogens is 1300 g/mol. The number of unbranched alkanes of at least 4 members (excludes halogenated alkanes) is 1. The second-order valence-corrected chi connectivity index (χ2v) is 20.0. The smallest absolute Gasteiger partial charge is 0.408 e. The first-order chi connectivity index (χ1) is 30.6. The molecule has 344 valence electrons. The SMILES string of the molecule is CC(C)(C)OC(=O)N[C@H](Cc1cc(I)c(Oc2cc(I)c(O)c(I)c2)c(I)c1)C(=O)O.NCCCCN.O=C(O)c1cccc2c1C(=O)OC21c2ccc(O)cc2Oc2cc(O)ccc21. The molecular formula is C45H43I4N3O13. The van der Waals surface area contributed by atoms with Gasteiger partial charge in [0.2, 0.25) is 0 Å². The van der Waals surface area contributed by atoms with Crippen LogP contribution >= 0.6 is 90.4 Å². The lowest BCUT2D eigenvalue weighted by Gasteiger charge is -2.36. The number of carbonyl (C=O) groups excluding carboxylic acids is 2. The maximum Gasteiger partial charge on any atom is 0.408 e. The predicted molar refractivity (Wildman–Crippen MR) is 272 cm³/mol. The molecule has 1 amide bonds. The summed E-state index contributed by atoms with van der Waals surface area (Å²) in [6.45, 7) is 6.68. The van der Waals surface area contributed by atoms with E-state index in [0.717, 1.165) is 38.6 Å². The molecule has 2 aliphatic heterocycles. The summed E-state index contributed by atoms with van der Waals surface area (Å²) in [5.74, 6) is -1.36. The van der Waals surface area contributed by atoms with Gasteiger partial charge in [0, 0.05) is 35.2 Å². The van der Waals surface area contributed by atoms with Gasteiger partial charge in [-0.1, -0.05) is 12.1 Å². The molecule has 5 aromatic rings. The Morgan fingerprint density at radius 1 is 0.769 bits per heavy atom. The Labute approximate surface area is 427 Å². The Bertz CT molecular complexity index is 2540. The minimum absolute atomic E-state index is 0.0325. The minimum Gasteiger partial charge on any atom is -0.508 e. The van der Waals surface area contributed by atoms with Crippen LogP contribution < -0.4 is 26.3 Å². The van der Waals surface area contributed by atoms with Crippen LogP contribution in [0.4, 0.5) is 4.79 Å². The van der Waals surface area contributed by atoms with E-state index in [1.807, 2.05) is 57.3 Å². The lowest BCUT2D eigenvalue weighted by Crippen LogP contribution is -2.44. The second kappa shape index (κ2) is 21.9. The molecule has 0 saturated carbocycles. The fourth-order valence-corrected chi connectivity index (χ4v) is 10.5. The van der Waals surface area contributed by atoms with Crippen molar-refractivity contribution in [1.82, 2.24) is 5.32 Å². The van der Waals surface area contributed by atoms with Crippen molar-refractivity contribution in [3.8, 4) is 40.2 Å². The number of aromatic hydroxyl groups is 3. The number of carboxylic acids is 2. The Morgan fingerprint density at radius 3 is 1.78 bits per heavy atom. The summed E-state index contributed by atoms with van der Waals surface area (Å²) < 4.78 is 25.8. The number of aromatic carboxylic acids is 1. The van der Waals surface area contributed by atoms with Crippen LogP contribution in [0.1, 0.15) is 76.6 Å². The maximum absolute atomic E-state index is 12.8. The third-order valence-electron chi connectivity index (χ3n) is 9.39. The van der Waals surface area contributed by atoms with Gasteiger partial charge >= 0.3 is 24.0 Å². The predicted octanol–water partition coefficient (Wildman–Crippen LogP) is 9.17. The van der Waals surface area contributed by atoms with Gasteiger partial charge in [-0.05, 0) is 197 Å². The zero-order chi connectivity index (χ0) is 48.0. The molecule has 65 heavy (non-hydrogen) atoms. The number of nitrogens with one attached hydrogen (secondary N) is 1. The first-order valence-electron chi connectivity index (χ1n) is 19.5. The highest BCUT2D eigenvalue weighted by Crippen LogP contribution is 2.57. The van der Waals surface area contributed by atoms with Gasteiger partial charge < -0.3 is 61.3 Å². The first kappa shape index (κ1) is 51.6. The van der Waals surface area contributed by atoms with Crippen molar-refractivity contribution < 1.29 is 63.7 Å². The monoisotopic (exact) mass is 1340 g/mol. The van der Waals surface area contributed by atoms with Crippen LogP contribution in [-0.2, 0) is 26.3 Å². The van der Waals surface area contributed by atoms with Crippen molar-refractivity contribution >= 4 is 114 Å². The molecule has 5 aromatic carbocycles. The highest BCUT2D eigenvalue weighted by molar-refractivity contribution is 14.1. The van der Waals surface area contributed by atoms with E-state index in [1.165, 1.54) is 30.3 Å². The molecule has 10 N–H and O–H groups in total. The largest absolute Gasteiger partial charge is 0.508 e. The Kier molecular flexibility index (Phi) is 17.4. The number of nitrogens with two attached hydrogens (primary N) is 2. The molecule has 0 bridgehead atoms. The van der Waals surface area contributed by atoms with E-state index in [0.29, 0.717) is 35.3 Å². The number of benzene rings is 5. The number of carbonyl (C=O) groups is 4. The Balaban J connectivity index is 0.000000217. The second-order valence-electron chi connectivity index (χ2n) is 15.3. The maximum atomic E-state index is 12.8. The molecule has 0 saturated heterocycles. The van der Waals surface area contributed by atoms with Gasteiger partial charge in [0.05, 0.1) is 25.4 Å². The number of phenolic OH excluding ortho intramolecular Hbond substituents is 3. The normalized spacial score (nSPS) is 13.2. The number of carboxylic acid groups (broad SMARTS) is 2. The number of hydrogen-bond donors (Lipinski definition) is 8. The molecule has 0 fully saturated rings. The van der Waals surface area contributed by atoms with Crippen molar-refractivity contribution in [2.24, 2.45) is 11.5 Å². The van der Waals surface area contributed by atoms with E-state index >= 15 is 0 Å². The Hall–Kier alpha value is -4.38. The van der Waals surface area contributed by atoms with E-state index in [9.17, 15) is 44.7 Å². The number of amides is 1. The zero-order valence-electron chi connectivity index (χ0n) is 34.8. The van der Waals surface area contributed by atoms with E-state index in [2.05, 4.69) is 50.5 Å². The summed E-state index contributed by atoms with van der Waals surface area (Å²) in [4.78, 5) is 48.1. The van der Waals surface area contributed by atoms with Crippen molar-refractivity contribution in [1.29, 1.82) is 0 Å². The summed E-state index contributed by atoms with van der Waals surface area (Å²) in [6.07, 6.45) is 1.45. The van der Waals surface area contributed by atoms with Crippen molar-refractivity contribution in [3.05, 3.63) is 127 Å². The molecule has 16 nitrogen and oxygen atoms in total. The molecule has 7 rings (SSSR count). The van der Waals surface area contributed by atoms with E-state index < -0.39 is 41.2 Å². The van der Waals surface area contributed by atoms with Crippen LogP contribution in [0.5, 0.6) is 40.2 Å². The first-order valence-corrected chi connectivity index (χ1v) is 23.8. The van der Waals surface area contributed by atoms with Gasteiger partial charge in [-0.15, -0.1) is 0 Å². The molecule has 20 heteroatoms. The third kappa shape index (κ3) is 12.3. The molecule has 1 spiro atoms. The van der Waals surface area contributed by atoms with Gasteiger partial charge in [-0.25, -0.2) is 19.2 Å². The van der Waals surface area contributed by atoms with Crippen LogP contribution in [-0.4, -0.2) is 74.3 Å². The third-order valence-corrected chi connectivity index (χ3v) is 12.6. The number of esters is 1. The lowest BCUT2D eigenvalue weighted by molar-refractivity contribution is -0.139. The number of rotatable bonds is 10. The number of phenols is 3. The summed E-state index contributed by atoms with van der Waals surface area (Å²) >= 11 is 8.33. The van der Waals surface area contributed by atoms with Crippen LogP contribution in [0, 0.1) is 14.3 Å². The molecule has 0 radical (unpaired) electrons. The van der Waals surface area contributed by atoms with E-state index in [4.69, 9.17) is 30.4 Å². The number of fused-ring (bicyclic) bond motifs is 6. The molecule has 1 atom stereocenters. The van der Waals surface area contributed by atoms with Crippen molar-refractivity contribution in [3.63, 3.8) is 0 Å². The molecule has 0 aliphatic carbocycles. The number of halogens is 4. The zero-order valence-corrected chi connectivity index (χ0v) is 43.4. The average molecular weight is 1340 g/mol. The highest BCUT2D eigenvalue weighted by Gasteiger charge is 2.54. The van der Waals surface area contributed by atoms with Crippen LogP contribution in [0.2, 0.25) is 0 Å². The van der Waals surface area contributed by atoms with Gasteiger partial charge in [0.1, 0.15) is 46.1 Å². The fourth-order valence-electron chi connectivity index (χ4n) is 6.65. The van der Waals surface area contributed by atoms with Gasteiger partial charge in [-0.3, -0.25) is 0 Å². The quantitative estimate of drug-likeness (QED) is 0.0368. The lowest BCUT2D eigenvalue weighted by atomic mass is 9.77. The van der Waals surface area contributed by atoms with Crippen LogP contribution in [0.3, 0.4) is 0 Å². The summed E-state index contributed by atoms with van der Waals surface area (Å²) in [6, 6.07) is 19.2. The Morgan fingerprint density at radius 2 is 1.31 bits per heavy atom. The summed E-state index contributed by atoms with van der Waals surface area (Å²) in [5.41, 5.74) is 9.93. The van der Waals surface area contributed by atoms with Crippen molar-refractivity contribution in [2.45, 2.75) is 57.3 Å². The molecule has 2 heterocycles. The van der Waals surface area contributed by atoms with Crippen LogP contribution in [0.15, 0.2) is 78.9 Å². The van der Waals surface area contributed by atoms with Crippen molar-refractivity contribution in [2.75, 3.05) is 13.1 Å². The fraction of sp³-hybridized carbons (Fsp3) is 0.244. The van der Waals surface area contributed by atoms with Gasteiger partial charge in [0.25, 0.3) is 0 Å². The van der Waals surface area contributed by atoms with Crippen LogP contribution in [0.25, 0.3) is 0 Å². The van der Waals surface area contributed by atoms with Gasteiger partial charge in [-0.2, -0.15) is 0 Å². The average Bonchev–Trinajstić information content (AvgIpc) is 3.51. The summed E-state index contributed by atoms with van der Waals surface area (Å²) in [7, 11) is 0. The highest BCUT2D eigenvalue weighted by atomic mass is 127. The molecule has 0 aromatic heterocycles. The summed E-state index contributed by atoms with van der Waals surface area (Å²) in [5, 5.41) is 51.1.